The van der Waals surface area contributed by atoms with Crippen molar-refractivity contribution in [3.63, 3.8) is 0 Å². The second-order valence-electron chi connectivity index (χ2n) is 4.20. The lowest BCUT2D eigenvalue weighted by atomic mass is 10.0. The number of aryl methyl sites for hydroxylation is 1. The van der Waals surface area contributed by atoms with Gasteiger partial charge in [-0.25, -0.2) is 0 Å². The predicted molar refractivity (Wildman–Crippen MR) is 78.4 cm³/mol. The molecule has 18 heavy (non-hydrogen) atoms. The molecule has 3 atom stereocenters. The summed E-state index contributed by atoms with van der Waals surface area (Å²) in [7, 11) is 0. The van der Waals surface area contributed by atoms with Crippen LogP contribution >= 0.6 is 22.6 Å². The first-order chi connectivity index (χ1) is 8.67. The monoisotopic (exact) mass is 357 g/mol. The van der Waals surface area contributed by atoms with Gasteiger partial charge >= 0.3 is 0 Å². The first-order valence-corrected chi connectivity index (χ1v) is 7.26. The lowest BCUT2D eigenvalue weighted by molar-refractivity contribution is -0.0629. The van der Waals surface area contributed by atoms with Crippen LogP contribution in [0, 0.1) is 12.3 Å². The summed E-state index contributed by atoms with van der Waals surface area (Å²) in [6.45, 7) is 4.41. The van der Waals surface area contributed by atoms with Crippen LogP contribution in [-0.2, 0) is 15.9 Å². The molecular weight excluding hydrogens is 341 g/mol. The summed E-state index contributed by atoms with van der Waals surface area (Å²) in [5, 5.41) is 0. The van der Waals surface area contributed by atoms with Crippen molar-refractivity contribution in [2.45, 2.75) is 36.6 Å². The Balaban J connectivity index is 2.38. The number of ether oxygens (including phenoxy) is 2. The number of nitrogens with zero attached hydrogens (tertiary/aromatic N) is 1. The molecule has 0 saturated heterocycles. The van der Waals surface area contributed by atoms with Gasteiger partial charge in [0.25, 0.3) is 0 Å². The average molecular weight is 357 g/mol. The highest BCUT2D eigenvalue weighted by molar-refractivity contribution is 14.1. The number of terminal acetylenes is 1. The molecule has 0 spiro atoms. The Labute approximate surface area is 121 Å². The van der Waals surface area contributed by atoms with Crippen LogP contribution < -0.4 is 0 Å². The first kappa shape index (κ1) is 13.8. The summed E-state index contributed by atoms with van der Waals surface area (Å²) in [4.78, 5) is 4.69. The Morgan fingerprint density at radius 1 is 1.56 bits per heavy atom. The fourth-order valence-electron chi connectivity index (χ4n) is 2.05. The Morgan fingerprint density at radius 2 is 2.33 bits per heavy atom. The van der Waals surface area contributed by atoms with Gasteiger partial charge in [-0.05, 0) is 42.0 Å². The summed E-state index contributed by atoms with van der Waals surface area (Å²) in [6.07, 6.45) is 6.03. The molecule has 0 bridgehead atoms. The molecule has 2 heterocycles. The van der Waals surface area contributed by atoms with E-state index in [1.807, 2.05) is 13.0 Å². The van der Waals surface area contributed by atoms with Gasteiger partial charge in [0.1, 0.15) is 16.8 Å². The largest absolute Gasteiger partial charge is 0.357 e. The van der Waals surface area contributed by atoms with Gasteiger partial charge in [0.2, 0.25) is 0 Å². The summed E-state index contributed by atoms with van der Waals surface area (Å²) in [5.41, 5.74) is 3.14. The van der Waals surface area contributed by atoms with E-state index >= 15 is 0 Å². The molecule has 0 aromatic carbocycles. The Morgan fingerprint density at radius 3 is 3.00 bits per heavy atom. The third-order valence-corrected chi connectivity index (χ3v) is 3.95. The van der Waals surface area contributed by atoms with Gasteiger partial charge in [0, 0.05) is 11.3 Å². The second kappa shape index (κ2) is 6.00. The number of halogens is 1. The van der Waals surface area contributed by atoms with Crippen molar-refractivity contribution < 1.29 is 9.47 Å². The first-order valence-electron chi connectivity index (χ1n) is 6.01. The minimum atomic E-state index is -0.181. The van der Waals surface area contributed by atoms with E-state index in [1.165, 1.54) is 0 Å². The third-order valence-electron chi connectivity index (χ3n) is 3.00. The average Bonchev–Trinajstić information content (AvgIpc) is 2.38. The summed E-state index contributed by atoms with van der Waals surface area (Å²) in [6, 6.07) is 4.13. The van der Waals surface area contributed by atoms with E-state index in [4.69, 9.17) is 15.9 Å². The van der Waals surface area contributed by atoms with E-state index in [0.29, 0.717) is 0 Å². The predicted octanol–water partition coefficient (Wildman–Crippen LogP) is 3.19. The smallest absolute Gasteiger partial charge is 0.141 e. The van der Waals surface area contributed by atoms with Crippen molar-refractivity contribution in [1.82, 2.24) is 4.98 Å². The molecule has 0 saturated carbocycles. The summed E-state index contributed by atoms with van der Waals surface area (Å²) < 4.78 is 11.5. The van der Waals surface area contributed by atoms with Crippen molar-refractivity contribution in [1.29, 1.82) is 0 Å². The molecule has 1 aliphatic heterocycles. The number of aromatic nitrogens is 1. The van der Waals surface area contributed by atoms with Crippen LogP contribution in [0.5, 0.6) is 0 Å². The number of fused-ring (bicyclic) bond motifs is 1. The molecule has 2 rings (SSSR count). The van der Waals surface area contributed by atoms with Crippen LogP contribution in [-0.4, -0.2) is 15.7 Å². The quantitative estimate of drug-likeness (QED) is 0.473. The molecule has 0 aliphatic carbocycles. The number of alkyl halides is 1. The highest BCUT2D eigenvalue weighted by Crippen LogP contribution is 2.40. The number of hydrogen-bond acceptors (Lipinski definition) is 3. The van der Waals surface area contributed by atoms with Crippen molar-refractivity contribution in [3.8, 4) is 12.3 Å². The Kier molecular flexibility index (Phi) is 4.60. The Hall–Kier alpha value is -0.640. The maximum Gasteiger partial charge on any atom is 0.141 e. The van der Waals surface area contributed by atoms with Gasteiger partial charge < -0.3 is 9.47 Å². The zero-order valence-electron chi connectivity index (χ0n) is 10.5. The van der Waals surface area contributed by atoms with Crippen molar-refractivity contribution >= 4 is 22.6 Å². The number of rotatable bonds is 3. The standard InChI is InChI=1S/C14H16INO2/c1-4-8-17-13-12-11(9(3)18-14(13)15)7-6-10(5-2)16-12/h1,6-7,9,13-14H,5,8H2,2-3H3. The van der Waals surface area contributed by atoms with Gasteiger partial charge in [-0.15, -0.1) is 6.42 Å². The molecule has 3 unspecified atom stereocenters. The van der Waals surface area contributed by atoms with E-state index in [9.17, 15) is 0 Å². The van der Waals surface area contributed by atoms with Crippen LogP contribution in [0.3, 0.4) is 0 Å². The van der Waals surface area contributed by atoms with E-state index in [1.54, 1.807) is 0 Å². The van der Waals surface area contributed by atoms with Crippen molar-refractivity contribution in [2.75, 3.05) is 6.61 Å². The van der Waals surface area contributed by atoms with E-state index < -0.39 is 0 Å². The van der Waals surface area contributed by atoms with Crippen LogP contribution in [0.15, 0.2) is 12.1 Å². The topological polar surface area (TPSA) is 31.4 Å². The highest BCUT2D eigenvalue weighted by Gasteiger charge is 2.34. The molecule has 0 amide bonds. The fourth-order valence-corrected chi connectivity index (χ4v) is 3.04. The molecular formula is C14H16INO2. The molecule has 1 aromatic heterocycles. The lowest BCUT2D eigenvalue weighted by Crippen LogP contribution is -2.29. The molecule has 96 valence electrons. The van der Waals surface area contributed by atoms with Gasteiger partial charge in [-0.2, -0.15) is 0 Å². The minimum absolute atomic E-state index is 0.0472. The molecule has 0 radical (unpaired) electrons. The maximum absolute atomic E-state index is 5.85. The van der Waals surface area contributed by atoms with Crippen molar-refractivity contribution in [3.05, 3.63) is 29.1 Å². The molecule has 1 aliphatic rings. The Bertz CT molecular complexity index is 469. The lowest BCUT2D eigenvalue weighted by Gasteiger charge is -2.33. The fraction of sp³-hybridized carbons (Fsp3) is 0.500. The SMILES string of the molecule is C#CCOC1c2nc(CC)ccc2C(C)OC1I. The van der Waals surface area contributed by atoms with E-state index in [0.717, 1.165) is 23.4 Å². The summed E-state index contributed by atoms with van der Waals surface area (Å²) in [5.74, 6) is 2.50. The van der Waals surface area contributed by atoms with Crippen molar-refractivity contribution in [2.24, 2.45) is 0 Å². The molecule has 3 nitrogen and oxygen atoms in total. The molecule has 4 heteroatoms. The zero-order valence-corrected chi connectivity index (χ0v) is 12.7. The molecule has 1 aromatic rings. The minimum Gasteiger partial charge on any atom is -0.357 e. The number of hydrogen-bond donors (Lipinski definition) is 0. The van der Waals surface area contributed by atoms with Gasteiger partial charge in [0.15, 0.2) is 0 Å². The molecule has 0 fully saturated rings. The zero-order chi connectivity index (χ0) is 13.1. The van der Waals surface area contributed by atoms with Crippen LogP contribution in [0.1, 0.15) is 43.0 Å². The van der Waals surface area contributed by atoms with Gasteiger partial charge in [0.05, 0.1) is 11.8 Å². The molecule has 0 N–H and O–H groups in total. The second-order valence-corrected chi connectivity index (χ2v) is 5.42. The van der Waals surface area contributed by atoms with Crippen LogP contribution in [0.25, 0.3) is 0 Å². The summed E-state index contributed by atoms with van der Waals surface area (Å²) >= 11 is 2.24. The number of pyridine rings is 1. The maximum atomic E-state index is 5.85. The normalized spacial score (nSPS) is 26.4. The van der Waals surface area contributed by atoms with Crippen LogP contribution in [0.4, 0.5) is 0 Å². The van der Waals surface area contributed by atoms with E-state index in [-0.39, 0.29) is 22.9 Å². The van der Waals surface area contributed by atoms with Gasteiger partial charge in [-0.1, -0.05) is 18.9 Å². The van der Waals surface area contributed by atoms with Gasteiger partial charge in [-0.3, -0.25) is 4.98 Å². The van der Waals surface area contributed by atoms with E-state index in [2.05, 4.69) is 46.5 Å². The van der Waals surface area contributed by atoms with Crippen LogP contribution in [0.2, 0.25) is 0 Å². The third kappa shape index (κ3) is 2.68. The highest BCUT2D eigenvalue weighted by atomic mass is 127.